The fourth-order valence-corrected chi connectivity index (χ4v) is 4.54. The minimum Gasteiger partial charge on any atom is -0.373 e. The van der Waals surface area contributed by atoms with Gasteiger partial charge in [-0.1, -0.05) is 36.8 Å². The summed E-state index contributed by atoms with van der Waals surface area (Å²) in [5.41, 5.74) is 1.31. The smallest absolute Gasteiger partial charge is 0.0959 e. The van der Waals surface area contributed by atoms with E-state index in [1.807, 2.05) is 11.3 Å². The maximum Gasteiger partial charge on any atom is 0.0959 e. The van der Waals surface area contributed by atoms with E-state index in [4.69, 9.17) is 4.74 Å². The van der Waals surface area contributed by atoms with Crippen molar-refractivity contribution in [2.45, 2.75) is 44.2 Å². The number of benzene rings is 1. The first-order valence-electron chi connectivity index (χ1n) is 8.72. The number of aromatic nitrogens is 1. The van der Waals surface area contributed by atoms with Crippen molar-refractivity contribution in [1.82, 2.24) is 10.3 Å². The summed E-state index contributed by atoms with van der Waals surface area (Å²) in [5.74, 6) is 1.32. The summed E-state index contributed by atoms with van der Waals surface area (Å²) in [5, 5.41) is 4.97. The molecule has 1 saturated carbocycles. The van der Waals surface area contributed by atoms with Crippen molar-refractivity contribution in [1.29, 1.82) is 0 Å². The lowest BCUT2D eigenvalue weighted by Gasteiger charge is -2.22. The Bertz CT molecular complexity index is 623. The van der Waals surface area contributed by atoms with Crippen molar-refractivity contribution in [3.63, 3.8) is 0 Å². The zero-order valence-corrected chi connectivity index (χ0v) is 14.2. The number of ether oxygens (including phenoxy) is 1. The van der Waals surface area contributed by atoms with E-state index in [0.717, 1.165) is 32.0 Å². The standard InChI is InChI=1S/C19H24N2OS/c1-2-5-14(6-3-1)18-16(9-10-22-18)11-20-12-17-13-21-19(23-17)15-7-4-8-15/h1-3,5-6,13,15-16,18,20H,4,7-12H2/t16-,18-/m1/s1. The zero-order valence-electron chi connectivity index (χ0n) is 13.4. The van der Waals surface area contributed by atoms with E-state index >= 15 is 0 Å². The number of nitrogens with one attached hydrogen (secondary N) is 1. The Hall–Kier alpha value is -1.23. The number of hydrogen-bond acceptors (Lipinski definition) is 4. The highest BCUT2D eigenvalue weighted by atomic mass is 32.1. The van der Waals surface area contributed by atoms with Gasteiger partial charge in [0.2, 0.25) is 0 Å². The highest BCUT2D eigenvalue weighted by Gasteiger charge is 2.29. The van der Waals surface area contributed by atoms with E-state index in [1.165, 1.54) is 34.7 Å². The fraction of sp³-hybridized carbons (Fsp3) is 0.526. The lowest BCUT2D eigenvalue weighted by atomic mass is 9.86. The third-order valence-electron chi connectivity index (χ3n) is 5.07. The summed E-state index contributed by atoms with van der Waals surface area (Å²) in [7, 11) is 0. The van der Waals surface area contributed by atoms with Crippen molar-refractivity contribution < 1.29 is 4.74 Å². The Labute approximate surface area is 142 Å². The average molecular weight is 328 g/mol. The third-order valence-corrected chi connectivity index (χ3v) is 6.23. The average Bonchev–Trinajstić information content (AvgIpc) is 3.16. The summed E-state index contributed by atoms with van der Waals surface area (Å²) in [6.45, 7) is 2.82. The van der Waals surface area contributed by atoms with Crippen molar-refractivity contribution in [2.75, 3.05) is 13.2 Å². The van der Waals surface area contributed by atoms with Crippen molar-refractivity contribution in [3.8, 4) is 0 Å². The second-order valence-electron chi connectivity index (χ2n) is 6.67. The van der Waals surface area contributed by atoms with Crippen LogP contribution in [0.4, 0.5) is 0 Å². The van der Waals surface area contributed by atoms with Gasteiger partial charge in [0, 0.05) is 42.6 Å². The molecule has 2 aliphatic rings. The topological polar surface area (TPSA) is 34.1 Å². The minimum atomic E-state index is 0.246. The predicted octanol–water partition coefficient (Wildman–Crippen LogP) is 4.28. The second kappa shape index (κ2) is 7.12. The van der Waals surface area contributed by atoms with Crippen molar-refractivity contribution in [2.24, 2.45) is 5.92 Å². The first-order chi connectivity index (χ1) is 11.4. The number of nitrogens with zero attached hydrogens (tertiary/aromatic N) is 1. The molecule has 1 aromatic heterocycles. The SMILES string of the molecule is c1ccc([C@H]2OCC[C@@H]2CNCc2cnc(C3CCC3)s2)cc1. The number of rotatable bonds is 6. The van der Waals surface area contributed by atoms with Gasteiger partial charge in [0.15, 0.2) is 0 Å². The third kappa shape index (κ3) is 3.49. The van der Waals surface area contributed by atoms with Gasteiger partial charge in [-0.2, -0.15) is 0 Å². The van der Waals surface area contributed by atoms with Crippen LogP contribution in [0.2, 0.25) is 0 Å². The van der Waals surface area contributed by atoms with Gasteiger partial charge in [-0.25, -0.2) is 4.98 Å². The molecule has 0 bridgehead atoms. The van der Waals surface area contributed by atoms with Crippen LogP contribution in [0.25, 0.3) is 0 Å². The highest BCUT2D eigenvalue weighted by Crippen LogP contribution is 2.38. The quantitative estimate of drug-likeness (QED) is 0.859. The summed E-state index contributed by atoms with van der Waals surface area (Å²) in [6, 6.07) is 10.6. The van der Waals surface area contributed by atoms with Crippen LogP contribution in [0.3, 0.4) is 0 Å². The van der Waals surface area contributed by atoms with Crippen LogP contribution < -0.4 is 5.32 Å². The molecule has 3 nitrogen and oxygen atoms in total. The van der Waals surface area contributed by atoms with Crippen molar-refractivity contribution >= 4 is 11.3 Å². The highest BCUT2D eigenvalue weighted by molar-refractivity contribution is 7.11. The molecule has 4 rings (SSSR count). The molecule has 1 aliphatic heterocycles. The van der Waals surface area contributed by atoms with Gasteiger partial charge in [-0.3, -0.25) is 0 Å². The van der Waals surface area contributed by atoms with Gasteiger partial charge in [0.05, 0.1) is 11.1 Å². The van der Waals surface area contributed by atoms with Gasteiger partial charge in [0.25, 0.3) is 0 Å². The molecule has 0 amide bonds. The zero-order chi connectivity index (χ0) is 15.5. The molecule has 0 unspecified atom stereocenters. The monoisotopic (exact) mass is 328 g/mol. The Morgan fingerprint density at radius 3 is 2.83 bits per heavy atom. The maximum atomic E-state index is 5.96. The molecule has 0 radical (unpaired) electrons. The molecule has 2 aromatic rings. The Kier molecular flexibility index (Phi) is 4.74. The summed E-state index contributed by atoms with van der Waals surface area (Å²) >= 11 is 1.89. The normalized spacial score (nSPS) is 24.7. The molecular weight excluding hydrogens is 304 g/mol. The molecule has 2 fully saturated rings. The Morgan fingerprint density at radius 2 is 2.04 bits per heavy atom. The lowest BCUT2D eigenvalue weighted by Crippen LogP contribution is -2.24. The molecule has 1 saturated heterocycles. The first-order valence-corrected chi connectivity index (χ1v) is 9.53. The maximum absolute atomic E-state index is 5.96. The molecule has 2 atom stereocenters. The molecule has 4 heteroatoms. The number of thiazole rings is 1. The van der Waals surface area contributed by atoms with Crippen LogP contribution in [-0.2, 0) is 11.3 Å². The Morgan fingerprint density at radius 1 is 1.17 bits per heavy atom. The molecule has 1 aromatic carbocycles. The predicted molar refractivity (Wildman–Crippen MR) is 93.7 cm³/mol. The van der Waals surface area contributed by atoms with Crippen LogP contribution in [-0.4, -0.2) is 18.1 Å². The van der Waals surface area contributed by atoms with Gasteiger partial charge < -0.3 is 10.1 Å². The van der Waals surface area contributed by atoms with Gasteiger partial charge in [-0.15, -0.1) is 11.3 Å². The molecule has 122 valence electrons. The largest absolute Gasteiger partial charge is 0.373 e. The Balaban J connectivity index is 1.29. The van der Waals surface area contributed by atoms with Crippen LogP contribution in [0.1, 0.15) is 53.2 Å². The summed E-state index contributed by atoms with van der Waals surface area (Å²) in [6.07, 6.45) is 7.49. The van der Waals surface area contributed by atoms with E-state index in [1.54, 1.807) is 0 Å². The number of hydrogen-bond donors (Lipinski definition) is 1. The second-order valence-corrected chi connectivity index (χ2v) is 7.82. The van der Waals surface area contributed by atoms with Crippen LogP contribution in [0.15, 0.2) is 36.5 Å². The molecule has 0 spiro atoms. The molecule has 1 aliphatic carbocycles. The summed E-state index contributed by atoms with van der Waals surface area (Å²) in [4.78, 5) is 5.97. The van der Waals surface area contributed by atoms with Gasteiger partial charge in [-0.05, 0) is 24.8 Å². The van der Waals surface area contributed by atoms with E-state index in [2.05, 4.69) is 46.8 Å². The van der Waals surface area contributed by atoms with E-state index in [9.17, 15) is 0 Å². The van der Waals surface area contributed by atoms with Crippen LogP contribution in [0.5, 0.6) is 0 Å². The van der Waals surface area contributed by atoms with Gasteiger partial charge in [0.1, 0.15) is 0 Å². The van der Waals surface area contributed by atoms with Gasteiger partial charge >= 0.3 is 0 Å². The van der Waals surface area contributed by atoms with E-state index < -0.39 is 0 Å². The molecule has 2 heterocycles. The lowest BCUT2D eigenvalue weighted by molar-refractivity contribution is 0.0904. The summed E-state index contributed by atoms with van der Waals surface area (Å²) < 4.78 is 5.96. The van der Waals surface area contributed by atoms with E-state index in [0.29, 0.717) is 5.92 Å². The van der Waals surface area contributed by atoms with E-state index in [-0.39, 0.29) is 6.10 Å². The molecule has 1 N–H and O–H groups in total. The first kappa shape index (κ1) is 15.3. The van der Waals surface area contributed by atoms with Crippen molar-refractivity contribution in [3.05, 3.63) is 52.0 Å². The fourth-order valence-electron chi connectivity index (χ4n) is 3.48. The minimum absolute atomic E-state index is 0.246. The van der Waals surface area contributed by atoms with Crippen LogP contribution in [0, 0.1) is 5.92 Å². The van der Waals surface area contributed by atoms with Crippen LogP contribution >= 0.6 is 11.3 Å². The molecular formula is C19H24N2OS. The molecule has 23 heavy (non-hydrogen) atoms.